The number of nitrogens with zero attached hydrogens (tertiary/aromatic N) is 2. The fourth-order valence-corrected chi connectivity index (χ4v) is 2.85. The molecule has 0 unspecified atom stereocenters. The second-order valence-electron chi connectivity index (χ2n) is 5.42. The Morgan fingerprint density at radius 1 is 1.00 bits per heavy atom. The summed E-state index contributed by atoms with van der Waals surface area (Å²) in [4.78, 5) is 11.9. The number of hydrogen-bond donors (Lipinski definition) is 1. The molecule has 0 amide bonds. The molecule has 0 aliphatic carbocycles. The molecule has 0 saturated heterocycles. The standard InChI is InChI=1S/C17H18ClN3O.ClH/c1-20-15-8-7-12(9-16(15)21(2)17(20)22)10-19-11-13-5-3-4-6-14(13)18;/h3-9,19H,10-11H2,1-2H3;1H/p-1. The molecule has 0 fully saturated rings. The smallest absolute Gasteiger partial charge is 0.328 e. The van der Waals surface area contributed by atoms with Crippen LogP contribution in [0.4, 0.5) is 0 Å². The topological polar surface area (TPSA) is 39.0 Å². The minimum Gasteiger partial charge on any atom is -1.00 e. The number of fused-ring (bicyclic) bond motifs is 1. The van der Waals surface area contributed by atoms with Crippen molar-refractivity contribution in [1.29, 1.82) is 0 Å². The second-order valence-corrected chi connectivity index (χ2v) is 5.83. The molecule has 0 bridgehead atoms. The van der Waals surface area contributed by atoms with Gasteiger partial charge in [-0.1, -0.05) is 35.9 Å². The van der Waals surface area contributed by atoms with Gasteiger partial charge in [-0.15, -0.1) is 0 Å². The normalized spacial score (nSPS) is 10.7. The van der Waals surface area contributed by atoms with Crippen molar-refractivity contribution in [3.8, 4) is 0 Å². The van der Waals surface area contributed by atoms with Crippen LogP contribution in [0, 0.1) is 0 Å². The fourth-order valence-electron chi connectivity index (χ4n) is 2.65. The highest BCUT2D eigenvalue weighted by molar-refractivity contribution is 6.31. The zero-order valence-electron chi connectivity index (χ0n) is 13.0. The van der Waals surface area contributed by atoms with E-state index >= 15 is 0 Å². The van der Waals surface area contributed by atoms with E-state index in [9.17, 15) is 4.79 Å². The van der Waals surface area contributed by atoms with Crippen LogP contribution in [0.5, 0.6) is 0 Å². The summed E-state index contributed by atoms with van der Waals surface area (Å²) in [5.41, 5.74) is 4.11. The first kappa shape index (κ1) is 17.6. The van der Waals surface area contributed by atoms with E-state index in [0.29, 0.717) is 6.54 Å². The Labute approximate surface area is 146 Å². The molecule has 0 saturated carbocycles. The molecule has 0 atom stereocenters. The summed E-state index contributed by atoms with van der Waals surface area (Å²) in [6.07, 6.45) is 0. The van der Waals surface area contributed by atoms with Crippen LogP contribution < -0.4 is 23.4 Å². The number of hydrogen-bond acceptors (Lipinski definition) is 2. The molecule has 1 heterocycles. The first-order chi connectivity index (χ1) is 10.6. The Bertz CT molecular complexity index is 883. The van der Waals surface area contributed by atoms with Crippen molar-refractivity contribution in [3.63, 3.8) is 0 Å². The SMILES string of the molecule is Cn1c(=O)n(C)c2cc(CNCc3ccccc3Cl)ccc21.[Cl-]. The van der Waals surface area contributed by atoms with Gasteiger partial charge in [0.05, 0.1) is 11.0 Å². The van der Waals surface area contributed by atoms with E-state index in [1.807, 2.05) is 36.4 Å². The maximum absolute atomic E-state index is 11.9. The van der Waals surface area contributed by atoms with Crippen molar-refractivity contribution in [2.45, 2.75) is 13.1 Å². The Morgan fingerprint density at radius 2 is 1.70 bits per heavy atom. The summed E-state index contributed by atoms with van der Waals surface area (Å²) >= 11 is 6.14. The largest absolute Gasteiger partial charge is 1.00 e. The molecule has 0 aliphatic heterocycles. The van der Waals surface area contributed by atoms with Gasteiger partial charge in [-0.2, -0.15) is 0 Å². The van der Waals surface area contributed by atoms with Gasteiger partial charge in [0, 0.05) is 32.2 Å². The number of nitrogens with one attached hydrogen (secondary N) is 1. The molecule has 122 valence electrons. The predicted octanol–water partition coefficient (Wildman–Crippen LogP) is -0.176. The maximum atomic E-state index is 11.9. The van der Waals surface area contributed by atoms with Gasteiger partial charge >= 0.3 is 5.69 Å². The van der Waals surface area contributed by atoms with Crippen molar-refractivity contribution in [3.05, 3.63) is 69.1 Å². The van der Waals surface area contributed by atoms with Crippen LogP contribution in [0.15, 0.2) is 47.3 Å². The minimum absolute atomic E-state index is 0. The molecule has 0 aliphatic rings. The van der Waals surface area contributed by atoms with E-state index in [-0.39, 0.29) is 18.1 Å². The average molecular weight is 351 g/mol. The number of benzene rings is 2. The van der Waals surface area contributed by atoms with Gasteiger partial charge in [0.25, 0.3) is 0 Å². The highest BCUT2D eigenvalue weighted by atomic mass is 35.5. The van der Waals surface area contributed by atoms with Gasteiger partial charge in [0.2, 0.25) is 0 Å². The predicted molar refractivity (Wildman–Crippen MR) is 90.2 cm³/mol. The summed E-state index contributed by atoms with van der Waals surface area (Å²) in [5, 5.41) is 4.16. The van der Waals surface area contributed by atoms with E-state index in [4.69, 9.17) is 11.6 Å². The van der Waals surface area contributed by atoms with Gasteiger partial charge in [0.15, 0.2) is 0 Å². The third-order valence-corrected chi connectivity index (χ3v) is 4.31. The average Bonchev–Trinajstić information content (AvgIpc) is 2.74. The van der Waals surface area contributed by atoms with Crippen LogP contribution in [0.25, 0.3) is 11.0 Å². The molecule has 4 nitrogen and oxygen atoms in total. The van der Waals surface area contributed by atoms with Crippen LogP contribution in [0.1, 0.15) is 11.1 Å². The lowest BCUT2D eigenvalue weighted by molar-refractivity contribution is -0.00000452. The summed E-state index contributed by atoms with van der Waals surface area (Å²) in [6, 6.07) is 13.9. The molecule has 3 aromatic rings. The second kappa shape index (κ2) is 7.21. The first-order valence-electron chi connectivity index (χ1n) is 7.16. The van der Waals surface area contributed by atoms with E-state index < -0.39 is 0 Å². The van der Waals surface area contributed by atoms with E-state index in [0.717, 1.165) is 33.7 Å². The van der Waals surface area contributed by atoms with Gasteiger partial charge in [-0.05, 0) is 29.3 Å². The van der Waals surface area contributed by atoms with Gasteiger partial charge < -0.3 is 17.7 Å². The number of rotatable bonds is 4. The quantitative estimate of drug-likeness (QED) is 0.709. The van der Waals surface area contributed by atoms with Gasteiger partial charge in [-0.3, -0.25) is 9.13 Å². The number of imidazole rings is 1. The van der Waals surface area contributed by atoms with Crippen molar-refractivity contribution in [2.75, 3.05) is 0 Å². The van der Waals surface area contributed by atoms with Gasteiger partial charge in [0.1, 0.15) is 0 Å². The summed E-state index contributed by atoms with van der Waals surface area (Å²) in [5.74, 6) is 0. The highest BCUT2D eigenvalue weighted by Crippen LogP contribution is 2.16. The molecular formula is C17H18Cl2N3O-. The molecule has 0 spiro atoms. The van der Waals surface area contributed by atoms with E-state index in [1.165, 1.54) is 0 Å². The van der Waals surface area contributed by atoms with Crippen molar-refractivity contribution in [1.82, 2.24) is 14.5 Å². The molecule has 6 heteroatoms. The van der Waals surface area contributed by atoms with Crippen molar-refractivity contribution in [2.24, 2.45) is 14.1 Å². The van der Waals surface area contributed by atoms with Crippen LogP contribution in [0.2, 0.25) is 5.02 Å². The molecule has 1 N–H and O–H groups in total. The zero-order chi connectivity index (χ0) is 15.7. The molecule has 2 aromatic carbocycles. The molecule has 1 aromatic heterocycles. The highest BCUT2D eigenvalue weighted by Gasteiger charge is 2.08. The number of halogens is 2. The maximum Gasteiger partial charge on any atom is 0.328 e. The van der Waals surface area contributed by atoms with Crippen LogP contribution in [0.3, 0.4) is 0 Å². The molecule has 3 rings (SSSR count). The summed E-state index contributed by atoms with van der Waals surface area (Å²) in [7, 11) is 3.59. The lowest BCUT2D eigenvalue weighted by Crippen LogP contribution is -3.00. The Hall–Kier alpha value is -1.75. The van der Waals surface area contributed by atoms with Crippen molar-refractivity contribution < 1.29 is 12.4 Å². The van der Waals surface area contributed by atoms with E-state index in [1.54, 1.807) is 23.2 Å². The Morgan fingerprint density at radius 3 is 2.43 bits per heavy atom. The minimum atomic E-state index is -0.00354. The molecule has 23 heavy (non-hydrogen) atoms. The monoisotopic (exact) mass is 350 g/mol. The first-order valence-corrected chi connectivity index (χ1v) is 7.54. The van der Waals surface area contributed by atoms with E-state index in [2.05, 4.69) is 11.4 Å². The summed E-state index contributed by atoms with van der Waals surface area (Å²) < 4.78 is 3.34. The van der Waals surface area contributed by atoms with Crippen LogP contribution in [-0.4, -0.2) is 9.13 Å². The Balaban J connectivity index is 0.00000192. The third-order valence-electron chi connectivity index (χ3n) is 3.94. The number of aromatic nitrogens is 2. The Kier molecular flexibility index (Phi) is 5.52. The summed E-state index contributed by atoms with van der Waals surface area (Å²) in [6.45, 7) is 1.44. The van der Waals surface area contributed by atoms with Crippen LogP contribution >= 0.6 is 11.6 Å². The molecular weight excluding hydrogens is 333 g/mol. The van der Waals surface area contributed by atoms with Gasteiger partial charge in [-0.25, -0.2) is 4.79 Å². The number of aryl methyl sites for hydroxylation is 2. The molecule has 0 radical (unpaired) electrons. The zero-order valence-corrected chi connectivity index (χ0v) is 14.5. The van der Waals surface area contributed by atoms with Crippen molar-refractivity contribution >= 4 is 22.6 Å². The lowest BCUT2D eigenvalue weighted by atomic mass is 10.2. The van der Waals surface area contributed by atoms with Crippen LogP contribution in [-0.2, 0) is 27.2 Å². The third kappa shape index (κ3) is 3.44. The fraction of sp³-hybridized carbons (Fsp3) is 0.235. The lowest BCUT2D eigenvalue weighted by Gasteiger charge is -2.07.